The average molecular weight is 304 g/mol. The van der Waals surface area contributed by atoms with E-state index in [1.807, 2.05) is 54.6 Å². The molecule has 0 aliphatic heterocycles. The van der Waals surface area contributed by atoms with Gasteiger partial charge in [0.25, 0.3) is 0 Å². The van der Waals surface area contributed by atoms with E-state index in [0.29, 0.717) is 11.3 Å². The van der Waals surface area contributed by atoms with Gasteiger partial charge in [-0.3, -0.25) is 4.79 Å². The number of hydrogen-bond donors (Lipinski definition) is 1. The monoisotopic (exact) mass is 304 g/mol. The lowest BCUT2D eigenvalue weighted by Crippen LogP contribution is -1.99. The number of aldehydes is 1. The first-order valence-electron chi connectivity index (χ1n) is 7.32. The zero-order valence-electron chi connectivity index (χ0n) is 12.4. The van der Waals surface area contributed by atoms with Gasteiger partial charge in [0.05, 0.1) is 0 Å². The fraction of sp³-hybridized carbons (Fsp3) is 0.0500. The standard InChI is InChI=1S/C20H16O3/c21-14-15-6-8-16(9-7-15)20(22)17-10-12-19(13-11-17)23-18-4-2-1-3-5-18/h1-14,20,22H. The van der Waals surface area contributed by atoms with Crippen LogP contribution in [0.3, 0.4) is 0 Å². The molecular formula is C20H16O3. The fourth-order valence-electron chi connectivity index (χ4n) is 2.29. The molecule has 0 aliphatic rings. The third-order valence-electron chi connectivity index (χ3n) is 3.56. The highest BCUT2D eigenvalue weighted by atomic mass is 16.5. The van der Waals surface area contributed by atoms with Crippen molar-refractivity contribution in [1.82, 2.24) is 0 Å². The maximum Gasteiger partial charge on any atom is 0.150 e. The number of benzene rings is 3. The van der Waals surface area contributed by atoms with Crippen LogP contribution < -0.4 is 4.74 Å². The molecule has 1 atom stereocenters. The lowest BCUT2D eigenvalue weighted by atomic mass is 10.0. The van der Waals surface area contributed by atoms with Crippen LogP contribution in [0.4, 0.5) is 0 Å². The number of rotatable bonds is 5. The van der Waals surface area contributed by atoms with Crippen molar-refractivity contribution in [2.45, 2.75) is 6.10 Å². The second kappa shape index (κ2) is 6.90. The molecule has 0 aromatic heterocycles. The van der Waals surface area contributed by atoms with Crippen molar-refractivity contribution >= 4 is 6.29 Å². The molecule has 3 aromatic carbocycles. The van der Waals surface area contributed by atoms with E-state index in [9.17, 15) is 9.90 Å². The van der Waals surface area contributed by atoms with Gasteiger partial charge in [-0.05, 0) is 35.4 Å². The molecular weight excluding hydrogens is 288 g/mol. The number of aliphatic hydroxyl groups is 1. The second-order valence-corrected chi connectivity index (χ2v) is 5.17. The van der Waals surface area contributed by atoms with Gasteiger partial charge >= 0.3 is 0 Å². The summed E-state index contributed by atoms with van der Waals surface area (Å²) in [6, 6.07) is 23.7. The number of carbonyl (C=O) groups is 1. The molecule has 0 bridgehead atoms. The molecule has 3 heteroatoms. The van der Waals surface area contributed by atoms with E-state index in [0.717, 1.165) is 23.2 Å². The maximum absolute atomic E-state index is 10.7. The number of aliphatic hydroxyl groups excluding tert-OH is 1. The molecule has 114 valence electrons. The molecule has 0 spiro atoms. The highest BCUT2D eigenvalue weighted by Gasteiger charge is 2.10. The van der Waals surface area contributed by atoms with Crippen molar-refractivity contribution in [3.05, 3.63) is 95.6 Å². The highest BCUT2D eigenvalue weighted by Crippen LogP contribution is 2.26. The van der Waals surface area contributed by atoms with Crippen molar-refractivity contribution in [2.75, 3.05) is 0 Å². The van der Waals surface area contributed by atoms with E-state index < -0.39 is 6.10 Å². The predicted molar refractivity (Wildman–Crippen MR) is 88.8 cm³/mol. The van der Waals surface area contributed by atoms with Crippen LogP contribution in [0.2, 0.25) is 0 Å². The van der Waals surface area contributed by atoms with Crippen LogP contribution in [-0.4, -0.2) is 11.4 Å². The van der Waals surface area contributed by atoms with E-state index in [2.05, 4.69) is 0 Å². The van der Waals surface area contributed by atoms with E-state index in [4.69, 9.17) is 4.74 Å². The van der Waals surface area contributed by atoms with Crippen LogP contribution in [-0.2, 0) is 0 Å². The number of hydrogen-bond acceptors (Lipinski definition) is 3. The molecule has 0 amide bonds. The molecule has 0 saturated carbocycles. The molecule has 3 nitrogen and oxygen atoms in total. The van der Waals surface area contributed by atoms with Gasteiger partial charge in [0.2, 0.25) is 0 Å². The summed E-state index contributed by atoms with van der Waals surface area (Å²) in [7, 11) is 0. The molecule has 1 unspecified atom stereocenters. The van der Waals surface area contributed by atoms with Gasteiger partial charge in [-0.1, -0.05) is 54.6 Å². The number of carbonyl (C=O) groups excluding carboxylic acids is 1. The Labute approximate surface area is 134 Å². The van der Waals surface area contributed by atoms with Crippen LogP contribution in [0.25, 0.3) is 0 Å². The van der Waals surface area contributed by atoms with E-state index >= 15 is 0 Å². The predicted octanol–water partition coefficient (Wildman–Crippen LogP) is 4.37. The van der Waals surface area contributed by atoms with Gasteiger partial charge in [-0.2, -0.15) is 0 Å². The first-order chi connectivity index (χ1) is 11.3. The quantitative estimate of drug-likeness (QED) is 0.712. The highest BCUT2D eigenvalue weighted by molar-refractivity contribution is 5.74. The summed E-state index contributed by atoms with van der Waals surface area (Å²) in [6.45, 7) is 0. The largest absolute Gasteiger partial charge is 0.457 e. The van der Waals surface area contributed by atoms with Crippen molar-refractivity contribution in [3.8, 4) is 11.5 Å². The Balaban J connectivity index is 1.74. The van der Waals surface area contributed by atoms with Crippen LogP contribution >= 0.6 is 0 Å². The number of para-hydroxylation sites is 1. The van der Waals surface area contributed by atoms with Crippen LogP contribution in [0.5, 0.6) is 11.5 Å². The van der Waals surface area contributed by atoms with E-state index in [-0.39, 0.29) is 0 Å². The first kappa shape index (κ1) is 15.0. The summed E-state index contributed by atoms with van der Waals surface area (Å²) in [5.74, 6) is 1.48. The Hall–Kier alpha value is -2.91. The van der Waals surface area contributed by atoms with Crippen molar-refractivity contribution in [1.29, 1.82) is 0 Å². The molecule has 0 heterocycles. The van der Waals surface area contributed by atoms with E-state index in [1.165, 1.54) is 0 Å². The lowest BCUT2D eigenvalue weighted by molar-refractivity contribution is 0.112. The molecule has 0 saturated heterocycles. The Morgan fingerprint density at radius 2 is 1.26 bits per heavy atom. The van der Waals surface area contributed by atoms with Crippen LogP contribution in [0, 0.1) is 0 Å². The molecule has 0 aliphatic carbocycles. The van der Waals surface area contributed by atoms with Crippen molar-refractivity contribution < 1.29 is 14.6 Å². The lowest BCUT2D eigenvalue weighted by Gasteiger charge is -2.12. The maximum atomic E-state index is 10.7. The summed E-state index contributed by atoms with van der Waals surface area (Å²) < 4.78 is 5.73. The Morgan fingerprint density at radius 3 is 1.83 bits per heavy atom. The second-order valence-electron chi connectivity index (χ2n) is 5.17. The van der Waals surface area contributed by atoms with E-state index in [1.54, 1.807) is 24.3 Å². The summed E-state index contributed by atoms with van der Waals surface area (Å²) in [6.07, 6.45) is 0.0489. The minimum Gasteiger partial charge on any atom is -0.457 e. The third-order valence-corrected chi connectivity index (χ3v) is 3.56. The van der Waals surface area contributed by atoms with Crippen LogP contribution in [0.15, 0.2) is 78.9 Å². The normalized spacial score (nSPS) is 11.7. The zero-order valence-corrected chi connectivity index (χ0v) is 12.4. The summed E-state index contributed by atoms with van der Waals surface area (Å²) >= 11 is 0. The smallest absolute Gasteiger partial charge is 0.150 e. The van der Waals surface area contributed by atoms with Gasteiger partial charge in [-0.25, -0.2) is 0 Å². The molecule has 3 aromatic rings. The summed E-state index contributed by atoms with van der Waals surface area (Å²) in [4.78, 5) is 10.7. The van der Waals surface area contributed by atoms with Gasteiger partial charge in [0, 0.05) is 5.56 Å². The Morgan fingerprint density at radius 1 is 0.739 bits per heavy atom. The Bertz CT molecular complexity index is 762. The van der Waals surface area contributed by atoms with Crippen LogP contribution in [0.1, 0.15) is 27.6 Å². The molecule has 3 rings (SSSR count). The minimum absolute atomic E-state index is 0.590. The van der Waals surface area contributed by atoms with Gasteiger partial charge in [0.1, 0.15) is 23.9 Å². The summed E-state index contributed by atoms with van der Waals surface area (Å²) in [5.41, 5.74) is 2.10. The number of ether oxygens (including phenoxy) is 1. The Kier molecular flexibility index (Phi) is 4.50. The molecule has 1 N–H and O–H groups in total. The van der Waals surface area contributed by atoms with Gasteiger partial charge in [0.15, 0.2) is 0 Å². The SMILES string of the molecule is O=Cc1ccc(C(O)c2ccc(Oc3ccccc3)cc2)cc1. The molecule has 0 radical (unpaired) electrons. The van der Waals surface area contributed by atoms with Crippen molar-refractivity contribution in [3.63, 3.8) is 0 Å². The van der Waals surface area contributed by atoms with Gasteiger partial charge < -0.3 is 9.84 Å². The van der Waals surface area contributed by atoms with Gasteiger partial charge in [-0.15, -0.1) is 0 Å². The molecule has 23 heavy (non-hydrogen) atoms. The minimum atomic E-state index is -0.735. The topological polar surface area (TPSA) is 46.5 Å². The fourth-order valence-corrected chi connectivity index (χ4v) is 2.29. The average Bonchev–Trinajstić information content (AvgIpc) is 2.63. The third kappa shape index (κ3) is 3.65. The molecule has 0 fully saturated rings. The van der Waals surface area contributed by atoms with Crippen molar-refractivity contribution in [2.24, 2.45) is 0 Å². The zero-order chi connectivity index (χ0) is 16.1. The summed E-state index contributed by atoms with van der Waals surface area (Å²) in [5, 5.41) is 10.4. The first-order valence-corrected chi connectivity index (χ1v) is 7.32.